The Kier molecular flexibility index (Phi) is 7.16. The number of carbonyl (C=O) groups excluding carboxylic acids is 1. The average Bonchev–Trinajstić information content (AvgIpc) is 3.46. The Balaban J connectivity index is 1.35. The molecule has 31 heavy (non-hydrogen) atoms. The van der Waals surface area contributed by atoms with E-state index in [0.29, 0.717) is 28.8 Å². The van der Waals surface area contributed by atoms with Gasteiger partial charge in [-0.2, -0.15) is 0 Å². The Labute approximate surface area is 190 Å². The maximum atomic E-state index is 12.7. The van der Waals surface area contributed by atoms with Crippen molar-refractivity contribution in [3.8, 4) is 11.5 Å². The van der Waals surface area contributed by atoms with Gasteiger partial charge in [0.25, 0.3) is 5.91 Å². The molecule has 0 bridgehead atoms. The van der Waals surface area contributed by atoms with Crippen molar-refractivity contribution in [2.45, 2.75) is 32.9 Å². The van der Waals surface area contributed by atoms with Gasteiger partial charge >= 0.3 is 0 Å². The second-order valence-corrected chi connectivity index (χ2v) is 9.27. The molecule has 4 rings (SSSR count). The number of likely N-dealkylation sites (tertiary alicyclic amines) is 1. The van der Waals surface area contributed by atoms with E-state index in [9.17, 15) is 4.79 Å². The Morgan fingerprint density at radius 3 is 2.81 bits per heavy atom. The van der Waals surface area contributed by atoms with Gasteiger partial charge in [0.05, 0.1) is 24.0 Å². The average molecular weight is 459 g/mol. The topological polar surface area (TPSA) is 76.6 Å². The monoisotopic (exact) mass is 458 g/mol. The van der Waals surface area contributed by atoms with Crippen LogP contribution in [0.25, 0.3) is 0 Å². The zero-order valence-corrected chi connectivity index (χ0v) is 19.3. The van der Waals surface area contributed by atoms with Crippen molar-refractivity contribution >= 4 is 33.7 Å². The van der Waals surface area contributed by atoms with Crippen molar-refractivity contribution in [3.63, 3.8) is 0 Å². The molecule has 1 fully saturated rings. The summed E-state index contributed by atoms with van der Waals surface area (Å²) in [6, 6.07) is 5.14. The minimum absolute atomic E-state index is 0.225. The van der Waals surface area contributed by atoms with E-state index in [2.05, 4.69) is 27.1 Å². The Morgan fingerprint density at radius 2 is 2.06 bits per heavy atom. The van der Waals surface area contributed by atoms with Crippen molar-refractivity contribution < 1.29 is 14.3 Å². The second-order valence-electron chi connectivity index (χ2n) is 7.69. The predicted octanol–water partition coefficient (Wildman–Crippen LogP) is 4.67. The minimum Gasteiger partial charge on any atom is -0.493 e. The third-order valence-corrected chi connectivity index (χ3v) is 6.76. The fourth-order valence-corrected chi connectivity index (χ4v) is 4.68. The van der Waals surface area contributed by atoms with Gasteiger partial charge < -0.3 is 9.47 Å². The molecule has 164 valence electrons. The number of ether oxygens (including phenoxy) is 2. The summed E-state index contributed by atoms with van der Waals surface area (Å²) in [7, 11) is 1.56. The predicted molar refractivity (Wildman–Crippen MR) is 123 cm³/mol. The van der Waals surface area contributed by atoms with Crippen LogP contribution in [0, 0.1) is 5.92 Å². The molecule has 0 atom stereocenters. The summed E-state index contributed by atoms with van der Waals surface area (Å²) in [6.07, 6.45) is 2.47. The number of methoxy groups -OCH3 is 1. The van der Waals surface area contributed by atoms with Gasteiger partial charge in [0.2, 0.25) is 0 Å². The van der Waals surface area contributed by atoms with E-state index in [-0.39, 0.29) is 5.91 Å². The van der Waals surface area contributed by atoms with E-state index in [1.165, 1.54) is 35.5 Å². The van der Waals surface area contributed by atoms with E-state index in [4.69, 9.17) is 9.47 Å². The number of aromatic nitrogens is 2. The van der Waals surface area contributed by atoms with Gasteiger partial charge in [-0.05, 0) is 50.0 Å². The largest absolute Gasteiger partial charge is 0.493 e. The molecule has 0 radical (unpaired) electrons. The lowest BCUT2D eigenvalue weighted by atomic mass is 9.99. The van der Waals surface area contributed by atoms with Gasteiger partial charge in [0.15, 0.2) is 16.6 Å². The highest BCUT2D eigenvalue weighted by Gasteiger charge is 2.18. The van der Waals surface area contributed by atoms with E-state index < -0.39 is 0 Å². The normalized spacial score (nSPS) is 15.0. The number of rotatable bonds is 8. The van der Waals surface area contributed by atoms with E-state index in [1.807, 2.05) is 10.8 Å². The molecule has 3 aromatic rings. The Morgan fingerprint density at radius 1 is 1.23 bits per heavy atom. The molecule has 2 aromatic heterocycles. The molecule has 9 heteroatoms. The van der Waals surface area contributed by atoms with E-state index in [1.54, 1.807) is 30.8 Å². The zero-order chi connectivity index (χ0) is 21.6. The quantitative estimate of drug-likeness (QED) is 0.529. The number of benzene rings is 1. The first-order valence-corrected chi connectivity index (χ1v) is 12.1. The van der Waals surface area contributed by atoms with Crippen molar-refractivity contribution in [2.75, 3.05) is 25.5 Å². The summed E-state index contributed by atoms with van der Waals surface area (Å²) in [5.41, 5.74) is 4.10. The smallest absolute Gasteiger partial charge is 0.257 e. The first-order valence-electron chi connectivity index (χ1n) is 10.3. The van der Waals surface area contributed by atoms with Gasteiger partial charge in [0.1, 0.15) is 6.61 Å². The van der Waals surface area contributed by atoms with Crippen LogP contribution in [-0.2, 0) is 13.2 Å². The van der Waals surface area contributed by atoms with E-state index in [0.717, 1.165) is 36.9 Å². The molecule has 1 aliphatic rings. The molecule has 1 N–H and O–H groups in total. The lowest BCUT2D eigenvalue weighted by Crippen LogP contribution is -2.32. The third kappa shape index (κ3) is 5.81. The molecule has 1 aromatic carbocycles. The van der Waals surface area contributed by atoms with Crippen LogP contribution in [0.5, 0.6) is 11.5 Å². The summed E-state index contributed by atoms with van der Waals surface area (Å²) in [6.45, 7) is 5.71. The van der Waals surface area contributed by atoms with Gasteiger partial charge in [-0.25, -0.2) is 9.97 Å². The number of piperidine rings is 1. The second kappa shape index (κ2) is 10.2. The highest BCUT2D eigenvalue weighted by molar-refractivity contribution is 7.14. The third-order valence-electron chi connectivity index (χ3n) is 5.32. The number of thiazole rings is 2. The molecular weight excluding hydrogens is 432 g/mol. The SMILES string of the molecule is COc1cc(C(=O)Nc2nc(CN3CCC(C)CC3)cs2)ccc1OCc1cscn1. The van der Waals surface area contributed by atoms with Crippen LogP contribution in [0.2, 0.25) is 0 Å². The Hall–Kier alpha value is -2.49. The van der Waals surface area contributed by atoms with Gasteiger partial charge in [-0.15, -0.1) is 22.7 Å². The van der Waals surface area contributed by atoms with Gasteiger partial charge in [-0.3, -0.25) is 15.0 Å². The standard InChI is InChI=1S/C22H26N4O3S2/c1-15-5-7-26(8-6-15)10-17-13-31-22(24-17)25-21(27)16-3-4-19(20(9-16)28-2)29-11-18-12-30-14-23-18/h3-4,9,12-15H,5-8,10-11H2,1-2H3,(H,24,25,27). The molecule has 3 heterocycles. The molecule has 0 spiro atoms. The molecular formula is C22H26N4O3S2. The van der Waals surface area contributed by atoms with Gasteiger partial charge in [-0.1, -0.05) is 6.92 Å². The number of nitrogens with zero attached hydrogens (tertiary/aromatic N) is 3. The number of hydrogen-bond donors (Lipinski definition) is 1. The number of nitrogens with one attached hydrogen (secondary N) is 1. The van der Waals surface area contributed by atoms with Crippen LogP contribution in [0.15, 0.2) is 34.5 Å². The molecule has 1 saturated heterocycles. The van der Waals surface area contributed by atoms with Crippen molar-refractivity contribution in [1.82, 2.24) is 14.9 Å². The zero-order valence-electron chi connectivity index (χ0n) is 17.7. The summed E-state index contributed by atoms with van der Waals surface area (Å²) < 4.78 is 11.2. The summed E-state index contributed by atoms with van der Waals surface area (Å²) in [5.74, 6) is 1.65. The van der Waals surface area contributed by atoms with Crippen LogP contribution >= 0.6 is 22.7 Å². The van der Waals surface area contributed by atoms with Crippen molar-refractivity contribution in [1.29, 1.82) is 0 Å². The number of hydrogen-bond acceptors (Lipinski definition) is 8. The maximum Gasteiger partial charge on any atom is 0.257 e. The summed E-state index contributed by atoms with van der Waals surface area (Å²) >= 11 is 2.97. The number of carbonyl (C=O) groups is 1. The fraction of sp³-hybridized carbons (Fsp3) is 0.409. The molecule has 1 amide bonds. The van der Waals surface area contributed by atoms with Crippen LogP contribution in [0.1, 0.15) is 41.5 Å². The molecule has 0 aliphatic carbocycles. The Bertz CT molecular complexity index is 998. The number of amides is 1. The maximum absolute atomic E-state index is 12.7. The summed E-state index contributed by atoms with van der Waals surface area (Å²) in [5, 5.41) is 7.45. The first kappa shape index (κ1) is 21.7. The summed E-state index contributed by atoms with van der Waals surface area (Å²) in [4.78, 5) is 23.9. The first-order chi connectivity index (χ1) is 15.1. The molecule has 1 aliphatic heterocycles. The van der Waals surface area contributed by atoms with Crippen LogP contribution in [0.3, 0.4) is 0 Å². The van der Waals surface area contributed by atoms with Crippen molar-refractivity contribution in [2.24, 2.45) is 5.92 Å². The number of anilines is 1. The molecule has 0 saturated carbocycles. The van der Waals surface area contributed by atoms with E-state index >= 15 is 0 Å². The lowest BCUT2D eigenvalue weighted by Gasteiger charge is -2.29. The van der Waals surface area contributed by atoms with Crippen LogP contribution in [0.4, 0.5) is 5.13 Å². The van der Waals surface area contributed by atoms with Crippen molar-refractivity contribution in [3.05, 3.63) is 51.4 Å². The van der Waals surface area contributed by atoms with Gasteiger partial charge in [0, 0.05) is 22.9 Å². The fourth-order valence-electron chi connectivity index (χ4n) is 3.44. The molecule has 7 nitrogen and oxygen atoms in total. The van der Waals surface area contributed by atoms with Crippen LogP contribution < -0.4 is 14.8 Å². The molecule has 0 unspecified atom stereocenters. The highest BCUT2D eigenvalue weighted by Crippen LogP contribution is 2.29. The minimum atomic E-state index is -0.225. The highest BCUT2D eigenvalue weighted by atomic mass is 32.1. The van der Waals surface area contributed by atoms with Crippen LogP contribution in [-0.4, -0.2) is 41.0 Å². The lowest BCUT2D eigenvalue weighted by molar-refractivity contribution is 0.102.